The highest BCUT2D eigenvalue weighted by molar-refractivity contribution is 5.79. The highest BCUT2D eigenvalue weighted by Crippen LogP contribution is 2.25. The van der Waals surface area contributed by atoms with Gasteiger partial charge in [0.15, 0.2) is 0 Å². The van der Waals surface area contributed by atoms with Gasteiger partial charge in [0.1, 0.15) is 5.78 Å². The van der Waals surface area contributed by atoms with E-state index in [2.05, 4.69) is 50.4 Å². The lowest BCUT2D eigenvalue weighted by molar-refractivity contribution is -0.120. The minimum atomic E-state index is 0.211. The molecule has 1 N–H and O–H groups in total. The van der Waals surface area contributed by atoms with Gasteiger partial charge >= 0.3 is 0 Å². The number of rotatable bonds is 3. The quantitative estimate of drug-likeness (QED) is 0.883. The van der Waals surface area contributed by atoms with E-state index in [0.717, 1.165) is 32.2 Å². The fraction of sp³-hybridized carbons (Fsp3) is 0.588. The molecule has 0 aromatic heterocycles. The summed E-state index contributed by atoms with van der Waals surface area (Å²) in [4.78, 5) is 11.2. The molecule has 2 nitrogen and oxygen atoms in total. The van der Waals surface area contributed by atoms with E-state index in [1.54, 1.807) is 0 Å². The van der Waals surface area contributed by atoms with Gasteiger partial charge < -0.3 is 5.32 Å². The fourth-order valence-electron chi connectivity index (χ4n) is 2.55. The van der Waals surface area contributed by atoms with Gasteiger partial charge in [0, 0.05) is 25.1 Å². The van der Waals surface area contributed by atoms with E-state index in [0.29, 0.717) is 11.7 Å². The van der Waals surface area contributed by atoms with E-state index >= 15 is 0 Å². The van der Waals surface area contributed by atoms with E-state index in [4.69, 9.17) is 0 Å². The first kappa shape index (κ1) is 14.1. The zero-order valence-electron chi connectivity index (χ0n) is 12.3. The highest BCUT2D eigenvalue weighted by Gasteiger charge is 2.18. The summed E-state index contributed by atoms with van der Waals surface area (Å²) in [6, 6.07) is 8.72. The molecule has 1 aromatic carbocycles. The number of anilines is 1. The SMILES string of the molecule is CC(C)(C)c1ccc(NCC2CCC(=O)CC2)cc1. The molecule has 0 aliphatic heterocycles. The Morgan fingerprint density at radius 1 is 1.11 bits per heavy atom. The minimum Gasteiger partial charge on any atom is -0.385 e. The summed E-state index contributed by atoms with van der Waals surface area (Å²) in [5.41, 5.74) is 2.76. The van der Waals surface area contributed by atoms with Crippen molar-refractivity contribution in [2.24, 2.45) is 5.92 Å². The summed E-state index contributed by atoms with van der Waals surface area (Å²) in [6.45, 7) is 7.68. The topological polar surface area (TPSA) is 29.1 Å². The van der Waals surface area contributed by atoms with Crippen LogP contribution in [0.1, 0.15) is 52.0 Å². The first-order chi connectivity index (χ1) is 8.95. The Kier molecular flexibility index (Phi) is 4.28. The van der Waals surface area contributed by atoms with Crippen LogP contribution < -0.4 is 5.32 Å². The van der Waals surface area contributed by atoms with Crippen LogP contribution in [0.15, 0.2) is 24.3 Å². The number of nitrogens with one attached hydrogen (secondary N) is 1. The molecule has 0 bridgehead atoms. The molecule has 1 aliphatic rings. The van der Waals surface area contributed by atoms with Crippen molar-refractivity contribution >= 4 is 11.5 Å². The summed E-state index contributed by atoms with van der Waals surface area (Å²) in [7, 11) is 0. The minimum absolute atomic E-state index is 0.211. The van der Waals surface area contributed by atoms with Gasteiger partial charge in [-0.3, -0.25) is 4.79 Å². The molecule has 0 radical (unpaired) electrons. The number of hydrogen-bond donors (Lipinski definition) is 1. The van der Waals surface area contributed by atoms with Crippen LogP contribution in [0.4, 0.5) is 5.69 Å². The molecule has 104 valence electrons. The standard InChI is InChI=1S/C17H25NO/c1-17(2,3)14-6-8-15(9-7-14)18-12-13-4-10-16(19)11-5-13/h6-9,13,18H,4-5,10-12H2,1-3H3. The molecule has 2 rings (SSSR count). The molecule has 0 spiro atoms. The predicted molar refractivity (Wildman–Crippen MR) is 80.6 cm³/mol. The van der Waals surface area contributed by atoms with Gasteiger partial charge in [-0.05, 0) is 41.9 Å². The third-order valence-corrected chi connectivity index (χ3v) is 4.01. The van der Waals surface area contributed by atoms with Gasteiger partial charge in [0.05, 0.1) is 0 Å². The summed E-state index contributed by atoms with van der Waals surface area (Å²) in [6.07, 6.45) is 3.64. The number of carbonyl (C=O) groups is 1. The van der Waals surface area contributed by atoms with Gasteiger partial charge in [-0.2, -0.15) is 0 Å². The zero-order valence-corrected chi connectivity index (χ0v) is 12.3. The van der Waals surface area contributed by atoms with Crippen molar-refractivity contribution in [2.45, 2.75) is 51.9 Å². The Labute approximate surface area is 116 Å². The van der Waals surface area contributed by atoms with Gasteiger partial charge in [-0.15, -0.1) is 0 Å². The first-order valence-electron chi connectivity index (χ1n) is 7.31. The number of benzene rings is 1. The van der Waals surface area contributed by atoms with Crippen molar-refractivity contribution in [3.8, 4) is 0 Å². The second-order valence-corrected chi connectivity index (χ2v) is 6.69. The maximum Gasteiger partial charge on any atom is 0.132 e. The van der Waals surface area contributed by atoms with E-state index in [1.165, 1.54) is 11.3 Å². The molecule has 2 heteroatoms. The van der Waals surface area contributed by atoms with E-state index in [1.807, 2.05) is 0 Å². The fourth-order valence-corrected chi connectivity index (χ4v) is 2.55. The average Bonchev–Trinajstić information content (AvgIpc) is 2.37. The lowest BCUT2D eigenvalue weighted by atomic mass is 9.87. The highest BCUT2D eigenvalue weighted by atomic mass is 16.1. The summed E-state index contributed by atoms with van der Waals surface area (Å²) in [5.74, 6) is 1.09. The van der Waals surface area contributed by atoms with Crippen molar-refractivity contribution < 1.29 is 4.79 Å². The van der Waals surface area contributed by atoms with Crippen molar-refractivity contribution in [3.05, 3.63) is 29.8 Å². The number of hydrogen-bond acceptors (Lipinski definition) is 2. The van der Waals surface area contributed by atoms with Crippen LogP contribution in [-0.4, -0.2) is 12.3 Å². The van der Waals surface area contributed by atoms with E-state index in [-0.39, 0.29) is 5.41 Å². The lowest BCUT2D eigenvalue weighted by Crippen LogP contribution is -2.21. The molecule has 0 atom stereocenters. The van der Waals surface area contributed by atoms with Crippen LogP contribution in [-0.2, 0) is 10.2 Å². The molecule has 1 saturated carbocycles. The molecule has 19 heavy (non-hydrogen) atoms. The second kappa shape index (κ2) is 5.77. The third kappa shape index (κ3) is 4.09. The van der Waals surface area contributed by atoms with Crippen LogP contribution in [0.5, 0.6) is 0 Å². The Morgan fingerprint density at radius 2 is 1.68 bits per heavy atom. The molecule has 0 heterocycles. The van der Waals surface area contributed by atoms with Gasteiger partial charge in [-0.25, -0.2) is 0 Å². The summed E-state index contributed by atoms with van der Waals surface area (Å²) >= 11 is 0. The summed E-state index contributed by atoms with van der Waals surface area (Å²) < 4.78 is 0. The normalized spacial score (nSPS) is 17.5. The first-order valence-corrected chi connectivity index (χ1v) is 7.31. The van der Waals surface area contributed by atoms with Crippen molar-refractivity contribution in [2.75, 3.05) is 11.9 Å². The average molecular weight is 259 g/mol. The Hall–Kier alpha value is -1.31. The second-order valence-electron chi connectivity index (χ2n) is 6.69. The van der Waals surface area contributed by atoms with Crippen LogP contribution in [0.2, 0.25) is 0 Å². The van der Waals surface area contributed by atoms with Crippen LogP contribution in [0, 0.1) is 5.92 Å². The van der Waals surface area contributed by atoms with Gasteiger partial charge in [-0.1, -0.05) is 32.9 Å². The van der Waals surface area contributed by atoms with Crippen molar-refractivity contribution in [1.82, 2.24) is 0 Å². The Morgan fingerprint density at radius 3 is 2.21 bits per heavy atom. The molecular formula is C17H25NO. The largest absolute Gasteiger partial charge is 0.385 e. The van der Waals surface area contributed by atoms with Crippen LogP contribution in [0.25, 0.3) is 0 Å². The monoisotopic (exact) mass is 259 g/mol. The van der Waals surface area contributed by atoms with E-state index in [9.17, 15) is 4.79 Å². The molecule has 0 unspecified atom stereocenters. The van der Waals surface area contributed by atoms with Crippen molar-refractivity contribution in [3.63, 3.8) is 0 Å². The third-order valence-electron chi connectivity index (χ3n) is 4.01. The number of carbonyl (C=O) groups excluding carboxylic acids is 1. The molecular weight excluding hydrogens is 234 g/mol. The van der Waals surface area contributed by atoms with Gasteiger partial charge in [0.25, 0.3) is 0 Å². The number of ketones is 1. The summed E-state index contributed by atoms with van der Waals surface area (Å²) in [5, 5.41) is 3.50. The van der Waals surface area contributed by atoms with Crippen molar-refractivity contribution in [1.29, 1.82) is 0 Å². The Bertz CT molecular complexity index is 418. The van der Waals surface area contributed by atoms with Crippen LogP contribution in [0.3, 0.4) is 0 Å². The van der Waals surface area contributed by atoms with Crippen LogP contribution >= 0.6 is 0 Å². The molecule has 1 aromatic rings. The molecule has 0 saturated heterocycles. The predicted octanol–water partition coefficient (Wildman–Crippen LogP) is 4.16. The lowest BCUT2D eigenvalue weighted by Gasteiger charge is -2.22. The number of Topliss-reactive ketones (excluding diaryl/α,β-unsaturated/α-hetero) is 1. The molecule has 1 aliphatic carbocycles. The molecule has 1 fully saturated rings. The van der Waals surface area contributed by atoms with Gasteiger partial charge in [0.2, 0.25) is 0 Å². The maximum atomic E-state index is 11.2. The smallest absolute Gasteiger partial charge is 0.132 e. The van der Waals surface area contributed by atoms with E-state index < -0.39 is 0 Å². The maximum absolute atomic E-state index is 11.2. The molecule has 0 amide bonds. The Balaban J connectivity index is 1.85. The zero-order chi connectivity index (χ0) is 13.9.